The van der Waals surface area contributed by atoms with Crippen LogP contribution < -0.4 is 0 Å². The molecule has 1 aromatic carbocycles. The highest BCUT2D eigenvalue weighted by Gasteiger charge is 1.99. The van der Waals surface area contributed by atoms with Crippen LogP contribution >= 0.6 is 0 Å². The Morgan fingerprint density at radius 2 is 2.00 bits per heavy atom. The summed E-state index contributed by atoms with van der Waals surface area (Å²) in [5, 5.41) is 0. The van der Waals surface area contributed by atoms with Crippen LogP contribution in [0.4, 0.5) is 4.39 Å². The van der Waals surface area contributed by atoms with Crippen LogP contribution in [0.25, 0.3) is 6.08 Å². The molecule has 0 aromatic heterocycles. The van der Waals surface area contributed by atoms with Crippen molar-refractivity contribution in [3.05, 3.63) is 42.0 Å². The van der Waals surface area contributed by atoms with Gasteiger partial charge in [-0.25, -0.2) is 4.39 Å². The Morgan fingerprint density at radius 3 is 2.64 bits per heavy atom. The van der Waals surface area contributed by atoms with Crippen LogP contribution in [0.2, 0.25) is 0 Å². The summed E-state index contributed by atoms with van der Waals surface area (Å²) < 4.78 is 13.0. The number of hydrogen-bond donors (Lipinski definition) is 0. The third-order valence-corrected chi connectivity index (χ3v) is 1.86. The molecule has 14 heavy (non-hydrogen) atoms. The highest BCUT2D eigenvalue weighted by molar-refractivity contribution is 5.51. The number of allylic oxidation sites excluding steroid dienone is 1. The summed E-state index contributed by atoms with van der Waals surface area (Å²) in [7, 11) is 0. The summed E-state index contributed by atoms with van der Waals surface area (Å²) in [5.74, 6) is 0. The minimum absolute atomic E-state index is 0.271. The van der Waals surface area contributed by atoms with Gasteiger partial charge in [0.05, 0.1) is 0 Å². The molecule has 0 saturated carbocycles. The normalized spacial score (nSPS) is 12.9. The summed E-state index contributed by atoms with van der Waals surface area (Å²) >= 11 is 0. The van der Waals surface area contributed by atoms with Gasteiger partial charge in [-0.3, -0.25) is 0 Å². The molecule has 0 saturated heterocycles. The maximum absolute atomic E-state index is 13.0. The molecule has 74 valence electrons. The van der Waals surface area contributed by atoms with Crippen LogP contribution in [-0.4, -0.2) is 12.5 Å². The van der Waals surface area contributed by atoms with Crippen LogP contribution in [0.1, 0.15) is 18.4 Å². The van der Waals surface area contributed by atoms with Crippen molar-refractivity contribution >= 4 is 12.4 Å². The van der Waals surface area contributed by atoms with E-state index in [9.17, 15) is 9.18 Å². The van der Waals surface area contributed by atoms with Crippen LogP contribution in [0.3, 0.4) is 0 Å². The summed E-state index contributed by atoms with van der Waals surface area (Å²) in [4.78, 5) is 9.99. The smallest absolute Gasteiger partial charge is 0.120 e. The second-order valence-corrected chi connectivity index (χ2v) is 3.03. The minimum atomic E-state index is -1.03. The first kappa shape index (κ1) is 10.6. The lowest BCUT2D eigenvalue weighted by molar-refractivity contribution is -0.108. The number of carbonyl (C=O) groups excluding carboxylic acids is 1. The molecule has 0 fully saturated rings. The number of rotatable bonds is 5. The van der Waals surface area contributed by atoms with E-state index in [0.717, 1.165) is 11.8 Å². The Balaban J connectivity index is 2.43. The number of halogens is 1. The predicted molar refractivity (Wildman–Crippen MR) is 55.7 cm³/mol. The molecule has 0 bridgehead atoms. The summed E-state index contributed by atoms with van der Waals surface area (Å²) in [6.07, 6.45) is 3.48. The zero-order valence-electron chi connectivity index (χ0n) is 7.90. The zero-order chi connectivity index (χ0) is 10.2. The van der Waals surface area contributed by atoms with Crippen molar-refractivity contribution in [1.82, 2.24) is 0 Å². The molecule has 0 N–H and O–H groups in total. The SMILES string of the molecule is O=CCCC(F)/C=C/c1ccccc1. The third-order valence-electron chi connectivity index (χ3n) is 1.86. The average molecular weight is 192 g/mol. The van der Waals surface area contributed by atoms with E-state index >= 15 is 0 Å². The summed E-state index contributed by atoms with van der Waals surface area (Å²) in [5.41, 5.74) is 0.973. The lowest BCUT2D eigenvalue weighted by atomic mass is 10.1. The topological polar surface area (TPSA) is 17.1 Å². The molecule has 1 aromatic rings. The largest absolute Gasteiger partial charge is 0.303 e. The first-order chi connectivity index (χ1) is 6.83. The van der Waals surface area contributed by atoms with Gasteiger partial charge in [0.2, 0.25) is 0 Å². The fraction of sp³-hybridized carbons (Fsp3) is 0.250. The number of hydrogen-bond acceptors (Lipinski definition) is 1. The van der Waals surface area contributed by atoms with Gasteiger partial charge in [0.25, 0.3) is 0 Å². The number of carbonyl (C=O) groups is 1. The van der Waals surface area contributed by atoms with E-state index in [1.54, 1.807) is 6.08 Å². The van der Waals surface area contributed by atoms with Gasteiger partial charge < -0.3 is 4.79 Å². The van der Waals surface area contributed by atoms with E-state index in [2.05, 4.69) is 0 Å². The first-order valence-corrected chi connectivity index (χ1v) is 4.64. The second-order valence-electron chi connectivity index (χ2n) is 3.03. The monoisotopic (exact) mass is 192 g/mol. The number of alkyl halides is 1. The standard InChI is InChI=1S/C12H13FO/c13-12(7-4-10-14)9-8-11-5-2-1-3-6-11/h1-3,5-6,8-10,12H,4,7H2/b9-8+. The molecule has 0 spiro atoms. The van der Waals surface area contributed by atoms with Gasteiger partial charge in [0, 0.05) is 6.42 Å². The highest BCUT2D eigenvalue weighted by atomic mass is 19.1. The summed E-state index contributed by atoms with van der Waals surface area (Å²) in [6.45, 7) is 0. The quantitative estimate of drug-likeness (QED) is 0.655. The maximum atomic E-state index is 13.0. The fourth-order valence-electron chi connectivity index (χ4n) is 1.10. The number of benzene rings is 1. The van der Waals surface area contributed by atoms with Crippen molar-refractivity contribution in [3.63, 3.8) is 0 Å². The third kappa shape index (κ3) is 3.99. The Morgan fingerprint density at radius 1 is 1.29 bits per heavy atom. The number of aldehydes is 1. The fourth-order valence-corrected chi connectivity index (χ4v) is 1.10. The Kier molecular flexibility index (Phi) is 4.62. The molecule has 1 unspecified atom stereocenters. The molecular weight excluding hydrogens is 179 g/mol. The molecular formula is C12H13FO. The van der Waals surface area contributed by atoms with E-state index in [0.29, 0.717) is 0 Å². The van der Waals surface area contributed by atoms with Crippen molar-refractivity contribution in [2.45, 2.75) is 19.0 Å². The van der Waals surface area contributed by atoms with Gasteiger partial charge in [-0.05, 0) is 12.0 Å². The second kappa shape index (κ2) is 6.08. The van der Waals surface area contributed by atoms with Crippen LogP contribution in [0.15, 0.2) is 36.4 Å². The molecule has 0 aliphatic heterocycles. The van der Waals surface area contributed by atoms with Crippen molar-refractivity contribution < 1.29 is 9.18 Å². The Bertz CT molecular complexity index is 292. The lowest BCUT2D eigenvalue weighted by Crippen LogP contribution is -1.94. The van der Waals surface area contributed by atoms with Crippen LogP contribution in [0, 0.1) is 0 Å². The van der Waals surface area contributed by atoms with Crippen molar-refractivity contribution in [2.75, 3.05) is 0 Å². The van der Waals surface area contributed by atoms with Gasteiger partial charge in [-0.1, -0.05) is 42.5 Å². The molecule has 0 heterocycles. The predicted octanol–water partition coefficient (Wildman–Crippen LogP) is 3.02. The van der Waals surface area contributed by atoms with Crippen LogP contribution in [-0.2, 0) is 4.79 Å². The van der Waals surface area contributed by atoms with Crippen molar-refractivity contribution in [1.29, 1.82) is 0 Å². The Labute approximate surface area is 83.3 Å². The maximum Gasteiger partial charge on any atom is 0.120 e. The van der Waals surface area contributed by atoms with Gasteiger partial charge >= 0.3 is 0 Å². The summed E-state index contributed by atoms with van der Waals surface area (Å²) in [6, 6.07) is 9.53. The molecule has 0 aliphatic rings. The minimum Gasteiger partial charge on any atom is -0.303 e. The average Bonchev–Trinajstić information content (AvgIpc) is 2.25. The van der Waals surface area contributed by atoms with Crippen LogP contribution in [0.5, 0.6) is 0 Å². The Hall–Kier alpha value is -1.44. The molecule has 2 heteroatoms. The van der Waals surface area contributed by atoms with E-state index < -0.39 is 6.17 Å². The molecule has 0 radical (unpaired) electrons. The molecule has 1 atom stereocenters. The van der Waals surface area contributed by atoms with E-state index in [1.807, 2.05) is 30.3 Å². The molecule has 1 nitrogen and oxygen atoms in total. The van der Waals surface area contributed by atoms with Crippen molar-refractivity contribution in [2.24, 2.45) is 0 Å². The van der Waals surface area contributed by atoms with Gasteiger partial charge in [0.1, 0.15) is 12.5 Å². The lowest BCUT2D eigenvalue weighted by Gasteiger charge is -1.98. The molecule has 0 amide bonds. The van der Waals surface area contributed by atoms with E-state index in [4.69, 9.17) is 0 Å². The van der Waals surface area contributed by atoms with Gasteiger partial charge in [-0.2, -0.15) is 0 Å². The highest BCUT2D eigenvalue weighted by Crippen LogP contribution is 2.07. The van der Waals surface area contributed by atoms with E-state index in [1.165, 1.54) is 6.08 Å². The van der Waals surface area contributed by atoms with E-state index in [-0.39, 0.29) is 12.8 Å². The molecule has 0 aliphatic carbocycles. The van der Waals surface area contributed by atoms with Crippen molar-refractivity contribution in [3.8, 4) is 0 Å². The first-order valence-electron chi connectivity index (χ1n) is 4.64. The van der Waals surface area contributed by atoms with Gasteiger partial charge in [0.15, 0.2) is 0 Å². The van der Waals surface area contributed by atoms with Gasteiger partial charge in [-0.15, -0.1) is 0 Å². The molecule has 1 rings (SSSR count). The zero-order valence-corrected chi connectivity index (χ0v) is 7.90.